The van der Waals surface area contributed by atoms with Crippen LogP contribution in [0.15, 0.2) is 40.7 Å². The van der Waals surface area contributed by atoms with Crippen LogP contribution in [-0.4, -0.2) is 16.3 Å². The van der Waals surface area contributed by atoms with E-state index in [9.17, 15) is 10.1 Å². The highest BCUT2D eigenvalue weighted by Gasteiger charge is 2.15. The van der Waals surface area contributed by atoms with Crippen molar-refractivity contribution in [1.82, 2.24) is 5.32 Å². The SMILES string of the molecule is CSC(=Nc1cc(-c2cccs2)ccc1[N+](=O)[O-])NC#N. The molecular weight excluding hydrogens is 308 g/mol. The molecule has 21 heavy (non-hydrogen) atoms. The Balaban J connectivity index is 2.52. The van der Waals surface area contributed by atoms with Crippen LogP contribution in [-0.2, 0) is 0 Å². The van der Waals surface area contributed by atoms with E-state index >= 15 is 0 Å². The Kier molecular flexibility index (Phi) is 4.92. The fraction of sp³-hybridized carbons (Fsp3) is 0.0769. The molecule has 0 spiro atoms. The van der Waals surface area contributed by atoms with Gasteiger partial charge in [-0.2, -0.15) is 5.26 Å². The van der Waals surface area contributed by atoms with E-state index < -0.39 is 4.92 Å². The van der Waals surface area contributed by atoms with Gasteiger partial charge in [0.05, 0.1) is 4.92 Å². The molecule has 0 aliphatic carbocycles. The van der Waals surface area contributed by atoms with Gasteiger partial charge in [0.2, 0.25) is 0 Å². The molecule has 0 aliphatic rings. The Morgan fingerprint density at radius 2 is 2.33 bits per heavy atom. The molecule has 1 aromatic heterocycles. The van der Waals surface area contributed by atoms with Gasteiger partial charge in [0.25, 0.3) is 5.69 Å². The van der Waals surface area contributed by atoms with E-state index in [4.69, 9.17) is 5.26 Å². The van der Waals surface area contributed by atoms with E-state index in [1.807, 2.05) is 17.5 Å². The highest BCUT2D eigenvalue weighted by molar-refractivity contribution is 8.13. The predicted octanol–water partition coefficient (Wildman–Crippen LogP) is 3.74. The molecule has 0 aliphatic heterocycles. The quantitative estimate of drug-likeness (QED) is 0.232. The Bertz CT molecular complexity index is 720. The van der Waals surface area contributed by atoms with Gasteiger partial charge in [-0.25, -0.2) is 4.99 Å². The zero-order valence-electron chi connectivity index (χ0n) is 10.9. The van der Waals surface area contributed by atoms with Gasteiger partial charge in [-0.1, -0.05) is 17.8 Å². The maximum Gasteiger partial charge on any atom is 0.294 e. The molecule has 0 fully saturated rings. The number of thiophene rings is 1. The largest absolute Gasteiger partial charge is 0.294 e. The van der Waals surface area contributed by atoms with Crippen LogP contribution in [0.4, 0.5) is 11.4 Å². The van der Waals surface area contributed by atoms with Gasteiger partial charge in [-0.3, -0.25) is 15.4 Å². The molecule has 1 aromatic carbocycles. The smallest absolute Gasteiger partial charge is 0.271 e. The molecular formula is C13H10N4O2S2. The molecule has 2 rings (SSSR count). The number of thioether (sulfide) groups is 1. The molecule has 0 saturated carbocycles. The Morgan fingerprint density at radius 3 is 2.90 bits per heavy atom. The number of hydrogen-bond acceptors (Lipinski definition) is 6. The Labute approximate surface area is 129 Å². The summed E-state index contributed by atoms with van der Waals surface area (Å²) < 4.78 is 0. The van der Waals surface area contributed by atoms with Crippen molar-refractivity contribution in [3.8, 4) is 16.6 Å². The van der Waals surface area contributed by atoms with Crippen LogP contribution >= 0.6 is 23.1 Å². The van der Waals surface area contributed by atoms with Gasteiger partial charge in [0, 0.05) is 10.9 Å². The summed E-state index contributed by atoms with van der Waals surface area (Å²) in [7, 11) is 0. The molecule has 0 bridgehead atoms. The van der Waals surface area contributed by atoms with Crippen LogP contribution in [0.5, 0.6) is 0 Å². The van der Waals surface area contributed by atoms with Gasteiger partial charge in [0.1, 0.15) is 5.69 Å². The lowest BCUT2D eigenvalue weighted by molar-refractivity contribution is -0.384. The summed E-state index contributed by atoms with van der Waals surface area (Å²) in [6.45, 7) is 0. The maximum absolute atomic E-state index is 11.1. The minimum absolute atomic E-state index is 0.0957. The van der Waals surface area contributed by atoms with Crippen LogP contribution in [0.2, 0.25) is 0 Å². The van der Waals surface area contributed by atoms with Gasteiger partial charge >= 0.3 is 0 Å². The average Bonchev–Trinajstić information content (AvgIpc) is 3.00. The lowest BCUT2D eigenvalue weighted by atomic mass is 10.1. The van der Waals surface area contributed by atoms with E-state index in [1.54, 1.807) is 35.9 Å². The fourth-order valence-electron chi connectivity index (χ4n) is 1.65. The molecule has 1 heterocycles. The van der Waals surface area contributed by atoms with Crippen molar-refractivity contribution in [3.05, 3.63) is 45.8 Å². The average molecular weight is 318 g/mol. The van der Waals surface area contributed by atoms with Gasteiger partial charge in [-0.05, 0) is 35.4 Å². The number of rotatable bonds is 3. The molecule has 2 aromatic rings. The molecule has 0 amide bonds. The monoisotopic (exact) mass is 318 g/mol. The third-order valence-electron chi connectivity index (χ3n) is 2.56. The van der Waals surface area contributed by atoms with Crippen molar-refractivity contribution in [2.45, 2.75) is 0 Å². The lowest BCUT2D eigenvalue weighted by Gasteiger charge is -2.03. The summed E-state index contributed by atoms with van der Waals surface area (Å²) in [5.41, 5.74) is 0.978. The molecule has 0 atom stereocenters. The third kappa shape index (κ3) is 3.59. The van der Waals surface area contributed by atoms with Crippen molar-refractivity contribution in [2.24, 2.45) is 4.99 Å². The first-order valence-electron chi connectivity index (χ1n) is 5.76. The topological polar surface area (TPSA) is 91.3 Å². The number of nitro benzene ring substituents is 1. The highest BCUT2D eigenvalue weighted by atomic mass is 32.2. The van der Waals surface area contributed by atoms with E-state index in [0.29, 0.717) is 5.17 Å². The normalized spacial score (nSPS) is 11.0. The molecule has 0 radical (unpaired) electrons. The summed E-state index contributed by atoms with van der Waals surface area (Å²) in [4.78, 5) is 15.8. The zero-order chi connectivity index (χ0) is 15.2. The number of nitro groups is 1. The number of aliphatic imine (C=N–C) groups is 1. The minimum Gasteiger partial charge on any atom is -0.271 e. The second-order valence-electron chi connectivity index (χ2n) is 3.80. The van der Waals surface area contributed by atoms with Gasteiger partial charge in [-0.15, -0.1) is 11.3 Å². The molecule has 0 saturated heterocycles. The minimum atomic E-state index is -0.485. The first-order valence-corrected chi connectivity index (χ1v) is 7.86. The molecule has 106 valence electrons. The number of nitrogens with zero attached hydrogens (tertiary/aromatic N) is 3. The molecule has 0 unspecified atom stereocenters. The second kappa shape index (κ2) is 6.88. The number of amidine groups is 1. The van der Waals surface area contributed by atoms with Gasteiger partial charge < -0.3 is 0 Å². The first kappa shape index (κ1) is 15.0. The van der Waals surface area contributed by atoms with Crippen LogP contribution in [0.25, 0.3) is 10.4 Å². The zero-order valence-corrected chi connectivity index (χ0v) is 12.6. The van der Waals surface area contributed by atoms with Crippen molar-refractivity contribution in [2.75, 3.05) is 6.26 Å². The third-order valence-corrected chi connectivity index (χ3v) is 4.05. The number of nitrogens with one attached hydrogen (secondary N) is 1. The lowest BCUT2D eigenvalue weighted by Crippen LogP contribution is -2.12. The van der Waals surface area contributed by atoms with E-state index in [0.717, 1.165) is 10.4 Å². The van der Waals surface area contributed by atoms with Crippen molar-refractivity contribution in [3.63, 3.8) is 0 Å². The number of benzene rings is 1. The summed E-state index contributed by atoms with van der Waals surface area (Å²) in [5.74, 6) is 0. The second-order valence-corrected chi connectivity index (χ2v) is 5.54. The summed E-state index contributed by atoms with van der Waals surface area (Å²) >= 11 is 2.75. The number of nitriles is 1. The highest BCUT2D eigenvalue weighted by Crippen LogP contribution is 2.34. The summed E-state index contributed by atoms with van der Waals surface area (Å²) in [6, 6.07) is 8.62. The van der Waals surface area contributed by atoms with E-state index in [2.05, 4.69) is 10.3 Å². The van der Waals surface area contributed by atoms with Crippen LogP contribution in [0.3, 0.4) is 0 Å². The first-order chi connectivity index (χ1) is 10.2. The van der Waals surface area contributed by atoms with Crippen LogP contribution in [0, 0.1) is 21.6 Å². The molecule has 1 N–H and O–H groups in total. The van der Waals surface area contributed by atoms with E-state index in [-0.39, 0.29) is 11.4 Å². The van der Waals surface area contributed by atoms with E-state index in [1.165, 1.54) is 17.8 Å². The Morgan fingerprint density at radius 1 is 1.52 bits per heavy atom. The van der Waals surface area contributed by atoms with Crippen LogP contribution in [0.1, 0.15) is 0 Å². The maximum atomic E-state index is 11.1. The molecule has 8 heteroatoms. The Hall–Kier alpha value is -2.37. The van der Waals surface area contributed by atoms with Crippen molar-refractivity contribution >= 4 is 39.6 Å². The van der Waals surface area contributed by atoms with Gasteiger partial charge in [0.15, 0.2) is 11.4 Å². The standard InChI is InChI=1S/C13H10N4O2S2/c1-20-13(15-8-14)16-10-7-9(12-3-2-6-21-12)4-5-11(10)17(18)19/h2-7H,1H3,(H,15,16). The fourth-order valence-corrected chi connectivity index (χ4v) is 2.71. The summed E-state index contributed by atoms with van der Waals surface area (Å²) in [5, 5.41) is 24.4. The van der Waals surface area contributed by atoms with Crippen molar-refractivity contribution in [1.29, 1.82) is 5.26 Å². The summed E-state index contributed by atoms with van der Waals surface area (Å²) in [6.07, 6.45) is 3.49. The number of hydrogen-bond donors (Lipinski definition) is 1. The predicted molar refractivity (Wildman–Crippen MR) is 85.8 cm³/mol. The molecule has 6 nitrogen and oxygen atoms in total. The van der Waals surface area contributed by atoms with Crippen LogP contribution < -0.4 is 5.32 Å². The van der Waals surface area contributed by atoms with Crippen molar-refractivity contribution < 1.29 is 4.92 Å².